The van der Waals surface area contributed by atoms with Crippen molar-refractivity contribution in [2.24, 2.45) is 0 Å². The van der Waals surface area contributed by atoms with Crippen LogP contribution in [0.2, 0.25) is 5.02 Å². The third-order valence-electron chi connectivity index (χ3n) is 5.38. The average molecular weight is 399 g/mol. The first-order chi connectivity index (χ1) is 12.3. The minimum atomic E-state index is -3.00. The summed E-state index contributed by atoms with van der Waals surface area (Å²) in [5.41, 5.74) is 1.10. The van der Waals surface area contributed by atoms with E-state index in [1.165, 1.54) is 0 Å². The Bertz CT molecular complexity index is 730. The number of halogens is 1. The number of hydrogen-bond acceptors (Lipinski definition) is 4. The van der Waals surface area contributed by atoms with Crippen LogP contribution < -0.4 is 0 Å². The minimum absolute atomic E-state index is 0.0514. The lowest BCUT2D eigenvalue weighted by Crippen LogP contribution is -2.50. The van der Waals surface area contributed by atoms with Gasteiger partial charge in [0.05, 0.1) is 18.1 Å². The second-order valence-electron chi connectivity index (χ2n) is 7.59. The van der Waals surface area contributed by atoms with Gasteiger partial charge in [0.25, 0.3) is 0 Å². The Kier molecular flexibility index (Phi) is 6.25. The number of sulfone groups is 1. The van der Waals surface area contributed by atoms with Gasteiger partial charge in [-0.25, -0.2) is 8.42 Å². The molecule has 0 unspecified atom stereocenters. The van der Waals surface area contributed by atoms with Gasteiger partial charge in [-0.3, -0.25) is 9.69 Å². The number of amides is 1. The fourth-order valence-electron chi connectivity index (χ4n) is 4.15. The van der Waals surface area contributed by atoms with Crippen molar-refractivity contribution in [2.45, 2.75) is 50.7 Å². The van der Waals surface area contributed by atoms with Crippen LogP contribution in [0.4, 0.5) is 0 Å². The molecule has 0 radical (unpaired) electrons. The van der Waals surface area contributed by atoms with E-state index in [0.29, 0.717) is 24.5 Å². The number of hydrogen-bond donors (Lipinski definition) is 0. The topological polar surface area (TPSA) is 57.7 Å². The van der Waals surface area contributed by atoms with Crippen LogP contribution in [-0.2, 0) is 21.2 Å². The lowest BCUT2D eigenvalue weighted by atomic mass is 10.1. The van der Waals surface area contributed by atoms with Crippen molar-refractivity contribution in [3.63, 3.8) is 0 Å². The fourth-order valence-corrected chi connectivity index (χ4v) is 5.99. The van der Waals surface area contributed by atoms with Crippen molar-refractivity contribution in [1.82, 2.24) is 9.80 Å². The predicted octanol–water partition coefficient (Wildman–Crippen LogP) is 2.73. The van der Waals surface area contributed by atoms with Crippen molar-refractivity contribution in [3.05, 3.63) is 34.9 Å². The third-order valence-corrected chi connectivity index (χ3v) is 7.38. The molecule has 7 heteroatoms. The van der Waals surface area contributed by atoms with Crippen LogP contribution >= 0.6 is 11.6 Å². The summed E-state index contributed by atoms with van der Waals surface area (Å²) < 4.78 is 23.8. The molecular formula is C19H27ClN2O3S. The molecule has 0 aromatic heterocycles. The zero-order valence-electron chi connectivity index (χ0n) is 15.2. The fraction of sp³-hybridized carbons (Fsp3) is 0.632. The number of carbonyl (C=O) groups is 1. The van der Waals surface area contributed by atoms with E-state index in [4.69, 9.17) is 11.6 Å². The SMILES string of the molecule is CN(CC(=O)N(C1CCCC1)[C@H]1CCS(=O)(=O)C1)Cc1ccc(Cl)cc1. The zero-order chi connectivity index (χ0) is 18.7. The van der Waals surface area contributed by atoms with E-state index in [-0.39, 0.29) is 29.5 Å². The van der Waals surface area contributed by atoms with Gasteiger partial charge >= 0.3 is 0 Å². The summed E-state index contributed by atoms with van der Waals surface area (Å²) in [6.07, 6.45) is 4.79. The summed E-state index contributed by atoms with van der Waals surface area (Å²) >= 11 is 5.92. The van der Waals surface area contributed by atoms with Gasteiger partial charge in [0.1, 0.15) is 0 Å². The predicted molar refractivity (Wildman–Crippen MR) is 104 cm³/mol. The zero-order valence-corrected chi connectivity index (χ0v) is 16.8. The second kappa shape index (κ2) is 8.28. The van der Waals surface area contributed by atoms with Crippen molar-refractivity contribution in [1.29, 1.82) is 0 Å². The molecular weight excluding hydrogens is 372 g/mol. The summed E-state index contributed by atoms with van der Waals surface area (Å²) in [5, 5.41) is 0.697. The van der Waals surface area contributed by atoms with Gasteiger partial charge in [0.15, 0.2) is 9.84 Å². The van der Waals surface area contributed by atoms with Gasteiger partial charge in [0.2, 0.25) is 5.91 Å². The lowest BCUT2D eigenvalue weighted by Gasteiger charge is -2.35. The van der Waals surface area contributed by atoms with Crippen molar-refractivity contribution < 1.29 is 13.2 Å². The summed E-state index contributed by atoms with van der Waals surface area (Å²) in [6, 6.07) is 7.66. The van der Waals surface area contributed by atoms with Crippen LogP contribution in [0.25, 0.3) is 0 Å². The van der Waals surface area contributed by atoms with Crippen LogP contribution in [0.5, 0.6) is 0 Å². The Morgan fingerprint density at radius 1 is 1.12 bits per heavy atom. The number of nitrogens with zero attached hydrogens (tertiary/aromatic N) is 2. The van der Waals surface area contributed by atoms with E-state index in [1.54, 1.807) is 0 Å². The molecule has 1 aliphatic heterocycles. The quantitative estimate of drug-likeness (QED) is 0.739. The number of benzene rings is 1. The van der Waals surface area contributed by atoms with Crippen LogP contribution in [0.3, 0.4) is 0 Å². The highest BCUT2D eigenvalue weighted by atomic mass is 35.5. The second-order valence-corrected chi connectivity index (χ2v) is 10.3. The summed E-state index contributed by atoms with van der Waals surface area (Å²) in [6.45, 7) is 0.958. The van der Waals surface area contributed by atoms with Crippen LogP contribution in [-0.4, -0.2) is 61.3 Å². The molecule has 26 heavy (non-hydrogen) atoms. The van der Waals surface area contributed by atoms with E-state index in [0.717, 1.165) is 31.2 Å². The van der Waals surface area contributed by atoms with Gasteiger partial charge in [-0.05, 0) is 44.0 Å². The van der Waals surface area contributed by atoms with Gasteiger partial charge in [-0.2, -0.15) is 0 Å². The number of rotatable bonds is 6. The van der Waals surface area contributed by atoms with Gasteiger partial charge < -0.3 is 4.90 Å². The average Bonchev–Trinajstić information content (AvgIpc) is 3.20. The molecule has 1 aromatic carbocycles. The van der Waals surface area contributed by atoms with E-state index >= 15 is 0 Å². The summed E-state index contributed by atoms with van der Waals surface area (Å²) in [4.78, 5) is 16.9. The largest absolute Gasteiger partial charge is 0.335 e. The molecule has 2 fully saturated rings. The maximum absolute atomic E-state index is 13.1. The molecule has 5 nitrogen and oxygen atoms in total. The molecule has 0 N–H and O–H groups in total. The number of carbonyl (C=O) groups excluding carboxylic acids is 1. The Morgan fingerprint density at radius 2 is 1.77 bits per heavy atom. The Balaban J connectivity index is 1.65. The smallest absolute Gasteiger partial charge is 0.237 e. The molecule has 0 spiro atoms. The van der Waals surface area contributed by atoms with Gasteiger partial charge in [-0.1, -0.05) is 36.6 Å². The van der Waals surface area contributed by atoms with Crippen molar-refractivity contribution in [2.75, 3.05) is 25.1 Å². The van der Waals surface area contributed by atoms with Gasteiger partial charge in [-0.15, -0.1) is 0 Å². The molecule has 1 amide bonds. The standard InChI is InChI=1S/C19H27ClN2O3S/c1-21(12-15-6-8-16(20)9-7-15)13-19(23)22(17-4-2-3-5-17)18-10-11-26(24,25)14-18/h6-9,17-18H,2-5,10-14H2,1H3/t18-/m0/s1. The molecule has 1 saturated heterocycles. The first kappa shape index (κ1) is 19.6. The third kappa shape index (κ3) is 4.99. The maximum Gasteiger partial charge on any atom is 0.237 e. The van der Waals surface area contributed by atoms with E-state index < -0.39 is 9.84 Å². The van der Waals surface area contributed by atoms with Crippen LogP contribution in [0.1, 0.15) is 37.7 Å². The highest BCUT2D eigenvalue weighted by Crippen LogP contribution is 2.29. The molecule has 0 bridgehead atoms. The molecule has 1 aliphatic carbocycles. The minimum Gasteiger partial charge on any atom is -0.335 e. The summed E-state index contributed by atoms with van der Waals surface area (Å²) in [5.74, 6) is 0.376. The van der Waals surface area contributed by atoms with E-state index in [1.807, 2.05) is 41.1 Å². The Morgan fingerprint density at radius 3 is 2.35 bits per heavy atom. The maximum atomic E-state index is 13.1. The highest BCUT2D eigenvalue weighted by Gasteiger charge is 2.39. The molecule has 1 heterocycles. The molecule has 144 valence electrons. The molecule has 2 aliphatic rings. The molecule has 1 aromatic rings. The number of likely N-dealkylation sites (N-methyl/N-ethyl adjacent to an activating group) is 1. The molecule has 1 atom stereocenters. The van der Waals surface area contributed by atoms with Crippen molar-refractivity contribution in [3.8, 4) is 0 Å². The summed E-state index contributed by atoms with van der Waals surface area (Å²) in [7, 11) is -1.08. The molecule has 3 rings (SSSR count). The first-order valence-electron chi connectivity index (χ1n) is 9.28. The van der Waals surface area contributed by atoms with E-state index in [2.05, 4.69) is 0 Å². The Labute approximate surface area is 161 Å². The first-order valence-corrected chi connectivity index (χ1v) is 11.5. The molecule has 1 saturated carbocycles. The van der Waals surface area contributed by atoms with Gasteiger partial charge in [0, 0.05) is 23.7 Å². The van der Waals surface area contributed by atoms with Crippen molar-refractivity contribution >= 4 is 27.3 Å². The van der Waals surface area contributed by atoms with Crippen LogP contribution in [0.15, 0.2) is 24.3 Å². The van der Waals surface area contributed by atoms with Crippen LogP contribution in [0, 0.1) is 0 Å². The monoisotopic (exact) mass is 398 g/mol. The van der Waals surface area contributed by atoms with E-state index in [9.17, 15) is 13.2 Å². The highest BCUT2D eigenvalue weighted by molar-refractivity contribution is 7.91. The Hall–Kier alpha value is -1.11. The normalized spacial score (nSPS) is 22.8. The lowest BCUT2D eigenvalue weighted by molar-refractivity contribution is -0.136.